The SMILES string of the molecule is COC(=O)c1cccn1-c1ccc2ccccc2c1. The summed E-state index contributed by atoms with van der Waals surface area (Å²) < 4.78 is 6.62. The zero-order chi connectivity index (χ0) is 13.2. The summed E-state index contributed by atoms with van der Waals surface area (Å²) in [7, 11) is 1.39. The standard InChI is InChI=1S/C16H13NO2/c1-19-16(18)15-7-4-10-17(15)14-9-8-12-5-2-3-6-13(12)11-14/h2-11H,1H3. The van der Waals surface area contributed by atoms with Gasteiger partial charge in [-0.1, -0.05) is 30.3 Å². The van der Waals surface area contributed by atoms with Crippen LogP contribution in [0, 0.1) is 0 Å². The first-order valence-electron chi connectivity index (χ1n) is 6.04. The summed E-state index contributed by atoms with van der Waals surface area (Å²) in [6, 6.07) is 17.8. The molecule has 0 unspecified atom stereocenters. The zero-order valence-electron chi connectivity index (χ0n) is 10.5. The average Bonchev–Trinajstić information content (AvgIpc) is 2.95. The minimum atomic E-state index is -0.335. The molecule has 1 aromatic heterocycles. The summed E-state index contributed by atoms with van der Waals surface area (Å²) in [5, 5.41) is 2.32. The molecule has 0 spiro atoms. The second-order valence-electron chi connectivity index (χ2n) is 4.29. The largest absolute Gasteiger partial charge is 0.464 e. The van der Waals surface area contributed by atoms with Crippen molar-refractivity contribution in [3.63, 3.8) is 0 Å². The van der Waals surface area contributed by atoms with Gasteiger partial charge in [-0.25, -0.2) is 4.79 Å². The fourth-order valence-corrected chi connectivity index (χ4v) is 2.20. The Kier molecular flexibility index (Phi) is 2.80. The highest BCUT2D eigenvalue weighted by atomic mass is 16.5. The lowest BCUT2D eigenvalue weighted by atomic mass is 10.1. The Bertz CT molecular complexity index is 743. The number of aromatic nitrogens is 1. The number of carbonyl (C=O) groups excluding carboxylic acids is 1. The van der Waals surface area contributed by atoms with Gasteiger partial charge in [-0.2, -0.15) is 0 Å². The molecule has 3 aromatic rings. The molecule has 0 saturated heterocycles. The number of hydrogen-bond acceptors (Lipinski definition) is 2. The molecule has 0 aliphatic carbocycles. The van der Waals surface area contributed by atoms with E-state index in [4.69, 9.17) is 4.74 Å². The molecule has 0 amide bonds. The monoisotopic (exact) mass is 251 g/mol. The van der Waals surface area contributed by atoms with Crippen LogP contribution in [0.1, 0.15) is 10.5 Å². The van der Waals surface area contributed by atoms with Gasteiger partial charge in [0, 0.05) is 11.9 Å². The number of fused-ring (bicyclic) bond motifs is 1. The van der Waals surface area contributed by atoms with Crippen LogP contribution in [0.25, 0.3) is 16.5 Å². The van der Waals surface area contributed by atoms with Gasteiger partial charge in [-0.05, 0) is 35.0 Å². The van der Waals surface area contributed by atoms with Crippen molar-refractivity contribution in [1.29, 1.82) is 0 Å². The summed E-state index contributed by atoms with van der Waals surface area (Å²) in [6.45, 7) is 0. The molecule has 2 aromatic carbocycles. The van der Waals surface area contributed by atoms with Crippen LogP contribution in [0.15, 0.2) is 60.8 Å². The number of carbonyl (C=O) groups is 1. The first kappa shape index (κ1) is 11.5. The van der Waals surface area contributed by atoms with E-state index >= 15 is 0 Å². The van der Waals surface area contributed by atoms with Gasteiger partial charge in [0.15, 0.2) is 0 Å². The van der Waals surface area contributed by atoms with E-state index in [2.05, 4.69) is 18.2 Å². The maximum atomic E-state index is 11.7. The molecule has 0 fully saturated rings. The molecule has 94 valence electrons. The van der Waals surface area contributed by atoms with Gasteiger partial charge in [0.1, 0.15) is 5.69 Å². The van der Waals surface area contributed by atoms with Crippen LogP contribution in [0.3, 0.4) is 0 Å². The third-order valence-electron chi connectivity index (χ3n) is 3.15. The molecule has 0 bridgehead atoms. The average molecular weight is 251 g/mol. The van der Waals surface area contributed by atoms with Crippen LogP contribution in [0.2, 0.25) is 0 Å². The first-order chi connectivity index (χ1) is 9.29. The molecule has 1 heterocycles. The Morgan fingerprint density at radius 1 is 1.00 bits per heavy atom. The lowest BCUT2D eigenvalue weighted by Gasteiger charge is -2.09. The fraction of sp³-hybridized carbons (Fsp3) is 0.0625. The van der Waals surface area contributed by atoms with E-state index in [-0.39, 0.29) is 5.97 Å². The van der Waals surface area contributed by atoms with E-state index in [9.17, 15) is 4.79 Å². The van der Waals surface area contributed by atoms with Crippen molar-refractivity contribution in [3.8, 4) is 5.69 Å². The Morgan fingerprint density at radius 2 is 1.79 bits per heavy atom. The maximum absolute atomic E-state index is 11.7. The molecule has 3 nitrogen and oxygen atoms in total. The van der Waals surface area contributed by atoms with Crippen molar-refractivity contribution < 1.29 is 9.53 Å². The van der Waals surface area contributed by atoms with E-state index in [0.717, 1.165) is 11.1 Å². The highest BCUT2D eigenvalue weighted by molar-refractivity contribution is 5.89. The molecule has 3 rings (SSSR count). The van der Waals surface area contributed by atoms with Gasteiger partial charge in [-0.3, -0.25) is 0 Å². The third kappa shape index (κ3) is 1.99. The number of rotatable bonds is 2. The number of ether oxygens (including phenoxy) is 1. The van der Waals surface area contributed by atoms with Gasteiger partial charge in [0.05, 0.1) is 7.11 Å². The summed E-state index contributed by atoms with van der Waals surface area (Å²) in [5.41, 5.74) is 1.47. The Balaban J connectivity index is 2.14. The Hall–Kier alpha value is -2.55. The predicted octanol–water partition coefficient (Wildman–Crippen LogP) is 3.42. The number of methoxy groups -OCH3 is 1. The third-order valence-corrected chi connectivity index (χ3v) is 3.15. The molecule has 19 heavy (non-hydrogen) atoms. The topological polar surface area (TPSA) is 31.2 Å². The predicted molar refractivity (Wildman–Crippen MR) is 74.6 cm³/mol. The van der Waals surface area contributed by atoms with Gasteiger partial charge < -0.3 is 9.30 Å². The number of benzene rings is 2. The maximum Gasteiger partial charge on any atom is 0.355 e. The van der Waals surface area contributed by atoms with Crippen molar-refractivity contribution in [3.05, 3.63) is 66.5 Å². The van der Waals surface area contributed by atoms with Crippen molar-refractivity contribution in [2.24, 2.45) is 0 Å². The summed E-state index contributed by atoms with van der Waals surface area (Å²) in [5.74, 6) is -0.335. The smallest absolute Gasteiger partial charge is 0.355 e. The highest BCUT2D eigenvalue weighted by Gasteiger charge is 2.11. The van der Waals surface area contributed by atoms with Crippen molar-refractivity contribution in [2.45, 2.75) is 0 Å². The van der Waals surface area contributed by atoms with Crippen molar-refractivity contribution in [2.75, 3.05) is 7.11 Å². The minimum absolute atomic E-state index is 0.335. The second kappa shape index (κ2) is 4.61. The van der Waals surface area contributed by atoms with E-state index in [1.807, 2.05) is 41.1 Å². The van der Waals surface area contributed by atoms with Crippen molar-refractivity contribution >= 4 is 16.7 Å². The van der Waals surface area contributed by atoms with Crippen LogP contribution in [-0.4, -0.2) is 17.6 Å². The quantitative estimate of drug-likeness (QED) is 0.653. The Morgan fingerprint density at radius 3 is 2.58 bits per heavy atom. The first-order valence-corrected chi connectivity index (χ1v) is 6.04. The summed E-state index contributed by atoms with van der Waals surface area (Å²) >= 11 is 0. The van der Waals surface area contributed by atoms with E-state index in [1.165, 1.54) is 12.5 Å². The summed E-state index contributed by atoms with van der Waals surface area (Å²) in [4.78, 5) is 11.7. The van der Waals surface area contributed by atoms with E-state index in [0.29, 0.717) is 5.69 Å². The van der Waals surface area contributed by atoms with Crippen LogP contribution in [0.4, 0.5) is 0 Å². The highest BCUT2D eigenvalue weighted by Crippen LogP contribution is 2.20. The molecule has 0 N–H and O–H groups in total. The molecule has 0 saturated carbocycles. The Labute approximate surface area is 111 Å². The van der Waals surface area contributed by atoms with E-state index < -0.39 is 0 Å². The van der Waals surface area contributed by atoms with Gasteiger partial charge >= 0.3 is 5.97 Å². The van der Waals surface area contributed by atoms with E-state index in [1.54, 1.807) is 6.07 Å². The van der Waals surface area contributed by atoms with Gasteiger partial charge in [-0.15, -0.1) is 0 Å². The van der Waals surface area contributed by atoms with Gasteiger partial charge in [0.25, 0.3) is 0 Å². The van der Waals surface area contributed by atoms with Crippen LogP contribution in [0.5, 0.6) is 0 Å². The molecule has 0 radical (unpaired) electrons. The van der Waals surface area contributed by atoms with Crippen LogP contribution < -0.4 is 0 Å². The van der Waals surface area contributed by atoms with Gasteiger partial charge in [0.2, 0.25) is 0 Å². The molecular weight excluding hydrogens is 238 g/mol. The lowest BCUT2D eigenvalue weighted by molar-refractivity contribution is 0.0591. The molecule has 3 heteroatoms. The normalized spacial score (nSPS) is 10.6. The van der Waals surface area contributed by atoms with Crippen molar-refractivity contribution in [1.82, 2.24) is 4.57 Å². The number of esters is 1. The number of nitrogens with zero attached hydrogens (tertiary/aromatic N) is 1. The number of hydrogen-bond donors (Lipinski definition) is 0. The minimum Gasteiger partial charge on any atom is -0.464 e. The molecule has 0 atom stereocenters. The van der Waals surface area contributed by atoms with Crippen LogP contribution >= 0.6 is 0 Å². The summed E-state index contributed by atoms with van der Waals surface area (Å²) in [6.07, 6.45) is 1.86. The molecule has 0 aliphatic rings. The second-order valence-corrected chi connectivity index (χ2v) is 4.29. The molecular formula is C16H13NO2. The fourth-order valence-electron chi connectivity index (χ4n) is 2.20. The zero-order valence-corrected chi connectivity index (χ0v) is 10.5. The van der Waals surface area contributed by atoms with Crippen LogP contribution in [-0.2, 0) is 4.74 Å². The molecule has 0 aliphatic heterocycles. The lowest BCUT2D eigenvalue weighted by Crippen LogP contribution is -2.08.